The van der Waals surface area contributed by atoms with Gasteiger partial charge in [-0.05, 0) is 53.5 Å². The number of rotatable bonds is 10. The number of aryl methyl sites for hydroxylation is 1. The first-order chi connectivity index (χ1) is 12.0. The summed E-state index contributed by atoms with van der Waals surface area (Å²) in [5.41, 5.74) is 4.20. The van der Waals surface area contributed by atoms with Crippen molar-refractivity contribution in [2.75, 3.05) is 0 Å². The van der Waals surface area contributed by atoms with Gasteiger partial charge in [-0.25, -0.2) is 0 Å². The molecule has 0 aliphatic heterocycles. The normalized spacial score (nSPS) is 11.6. The van der Waals surface area contributed by atoms with Crippen molar-refractivity contribution in [2.45, 2.75) is 77.6 Å². The van der Waals surface area contributed by atoms with Crippen molar-refractivity contribution >= 4 is 0 Å². The Balaban J connectivity index is 1.86. The summed E-state index contributed by atoms with van der Waals surface area (Å²) in [5, 5.41) is 9.43. The monoisotopic (exact) mass is 338 g/mol. The van der Waals surface area contributed by atoms with Crippen molar-refractivity contribution in [3.8, 4) is 5.75 Å². The number of benzene rings is 2. The molecule has 0 unspecified atom stereocenters. The maximum atomic E-state index is 9.43. The van der Waals surface area contributed by atoms with E-state index in [1.165, 1.54) is 61.6 Å². The highest BCUT2D eigenvalue weighted by molar-refractivity contribution is 5.32. The van der Waals surface area contributed by atoms with Crippen molar-refractivity contribution in [1.29, 1.82) is 0 Å². The summed E-state index contributed by atoms with van der Waals surface area (Å²) in [7, 11) is 0. The predicted molar refractivity (Wildman–Crippen MR) is 108 cm³/mol. The SMILES string of the molecule is CCCCCCCCc1ccc(C(C)(C)Cc2ccc(O)cc2)cc1. The summed E-state index contributed by atoms with van der Waals surface area (Å²) >= 11 is 0. The maximum absolute atomic E-state index is 9.43. The molecule has 0 radical (unpaired) electrons. The molecule has 0 spiro atoms. The topological polar surface area (TPSA) is 20.2 Å². The molecule has 1 heteroatoms. The maximum Gasteiger partial charge on any atom is 0.115 e. The third-order valence-corrected chi connectivity index (χ3v) is 5.14. The van der Waals surface area contributed by atoms with E-state index in [0.29, 0.717) is 5.75 Å². The molecule has 2 aromatic rings. The van der Waals surface area contributed by atoms with E-state index in [9.17, 15) is 5.11 Å². The van der Waals surface area contributed by atoms with Gasteiger partial charge in [-0.15, -0.1) is 0 Å². The van der Waals surface area contributed by atoms with Gasteiger partial charge in [0.15, 0.2) is 0 Å². The second kappa shape index (κ2) is 9.65. The summed E-state index contributed by atoms with van der Waals surface area (Å²) in [4.78, 5) is 0. The van der Waals surface area contributed by atoms with E-state index in [1.54, 1.807) is 12.1 Å². The van der Waals surface area contributed by atoms with Crippen molar-refractivity contribution in [3.05, 3.63) is 65.2 Å². The van der Waals surface area contributed by atoms with Crippen molar-refractivity contribution in [1.82, 2.24) is 0 Å². The summed E-state index contributed by atoms with van der Waals surface area (Å²) < 4.78 is 0. The standard InChI is InChI=1S/C24H34O/c1-4-5-6-7-8-9-10-20-11-15-22(16-12-20)24(2,3)19-21-13-17-23(25)18-14-21/h11-18,25H,4-10,19H2,1-3H3. The molecule has 0 bridgehead atoms. The van der Waals surface area contributed by atoms with Crippen LogP contribution in [0.25, 0.3) is 0 Å². The smallest absolute Gasteiger partial charge is 0.115 e. The molecule has 0 aromatic heterocycles. The highest BCUT2D eigenvalue weighted by atomic mass is 16.3. The minimum atomic E-state index is 0.0929. The molecule has 0 atom stereocenters. The molecule has 25 heavy (non-hydrogen) atoms. The average molecular weight is 339 g/mol. The first kappa shape index (κ1) is 19.6. The first-order valence-electron chi connectivity index (χ1n) is 9.88. The zero-order chi connectivity index (χ0) is 18.1. The van der Waals surface area contributed by atoms with Gasteiger partial charge in [0.05, 0.1) is 0 Å². The predicted octanol–water partition coefficient (Wildman–Crippen LogP) is 6.82. The molecule has 136 valence electrons. The molecular weight excluding hydrogens is 304 g/mol. The molecule has 0 amide bonds. The largest absolute Gasteiger partial charge is 0.508 e. The number of aromatic hydroxyl groups is 1. The summed E-state index contributed by atoms with van der Waals surface area (Å²) in [6.07, 6.45) is 10.3. The molecule has 0 saturated heterocycles. The molecule has 2 aromatic carbocycles. The Morgan fingerprint density at radius 3 is 1.92 bits per heavy atom. The van der Waals surface area contributed by atoms with Crippen molar-refractivity contribution in [2.24, 2.45) is 0 Å². The van der Waals surface area contributed by atoms with Crippen LogP contribution >= 0.6 is 0 Å². The molecule has 0 saturated carbocycles. The second-order valence-electron chi connectivity index (χ2n) is 7.94. The van der Waals surface area contributed by atoms with Gasteiger partial charge in [-0.2, -0.15) is 0 Å². The van der Waals surface area contributed by atoms with Crippen LogP contribution in [0.3, 0.4) is 0 Å². The lowest BCUT2D eigenvalue weighted by Crippen LogP contribution is -2.20. The summed E-state index contributed by atoms with van der Waals surface area (Å²) in [6.45, 7) is 6.86. The number of unbranched alkanes of at least 4 members (excludes halogenated alkanes) is 5. The highest BCUT2D eigenvalue weighted by Crippen LogP contribution is 2.28. The van der Waals surface area contributed by atoms with E-state index in [-0.39, 0.29) is 5.41 Å². The fourth-order valence-electron chi connectivity index (χ4n) is 3.46. The number of phenolic OH excluding ortho intramolecular Hbond substituents is 1. The second-order valence-corrected chi connectivity index (χ2v) is 7.94. The Morgan fingerprint density at radius 1 is 0.720 bits per heavy atom. The minimum absolute atomic E-state index is 0.0929. The van der Waals surface area contributed by atoms with Crippen LogP contribution in [-0.4, -0.2) is 5.11 Å². The molecule has 1 nitrogen and oxygen atoms in total. The molecule has 0 heterocycles. The van der Waals surface area contributed by atoms with Gasteiger partial charge >= 0.3 is 0 Å². The first-order valence-corrected chi connectivity index (χ1v) is 9.88. The van der Waals surface area contributed by atoms with E-state index >= 15 is 0 Å². The molecule has 0 fully saturated rings. The summed E-state index contributed by atoms with van der Waals surface area (Å²) in [5.74, 6) is 0.334. The van der Waals surface area contributed by atoms with Gasteiger partial charge < -0.3 is 5.11 Å². The number of hydrogen-bond acceptors (Lipinski definition) is 1. The zero-order valence-electron chi connectivity index (χ0n) is 16.2. The van der Waals surface area contributed by atoms with E-state index in [2.05, 4.69) is 45.0 Å². The molecule has 0 aliphatic rings. The van der Waals surface area contributed by atoms with E-state index < -0.39 is 0 Å². The molecular formula is C24H34O. The Labute approximate surface area is 154 Å². The van der Waals surface area contributed by atoms with E-state index in [4.69, 9.17) is 0 Å². The van der Waals surface area contributed by atoms with Gasteiger partial charge in [0.25, 0.3) is 0 Å². The Kier molecular flexibility index (Phi) is 7.55. The Bertz CT molecular complexity index is 608. The van der Waals surface area contributed by atoms with Crippen LogP contribution in [0.5, 0.6) is 5.75 Å². The highest BCUT2D eigenvalue weighted by Gasteiger charge is 2.21. The van der Waals surface area contributed by atoms with Gasteiger partial charge in [-0.3, -0.25) is 0 Å². The van der Waals surface area contributed by atoms with Crippen LogP contribution in [0, 0.1) is 0 Å². The van der Waals surface area contributed by atoms with Gasteiger partial charge in [-0.1, -0.05) is 89.3 Å². The van der Waals surface area contributed by atoms with Crippen LogP contribution in [0.1, 0.15) is 76.0 Å². The van der Waals surface area contributed by atoms with E-state index in [0.717, 1.165) is 6.42 Å². The van der Waals surface area contributed by atoms with Crippen molar-refractivity contribution < 1.29 is 5.11 Å². The van der Waals surface area contributed by atoms with Crippen LogP contribution < -0.4 is 0 Å². The fraction of sp³-hybridized carbons (Fsp3) is 0.500. The third kappa shape index (κ3) is 6.57. The quantitative estimate of drug-likeness (QED) is 0.471. The lowest BCUT2D eigenvalue weighted by atomic mass is 9.79. The summed E-state index contributed by atoms with van der Waals surface area (Å²) in [6, 6.07) is 16.8. The molecule has 2 rings (SSSR count). The van der Waals surface area contributed by atoms with E-state index in [1.807, 2.05) is 12.1 Å². The lowest BCUT2D eigenvalue weighted by molar-refractivity contribution is 0.474. The fourth-order valence-corrected chi connectivity index (χ4v) is 3.46. The van der Waals surface area contributed by atoms with Gasteiger partial charge in [0, 0.05) is 0 Å². The van der Waals surface area contributed by atoms with Crippen LogP contribution in [0.2, 0.25) is 0 Å². The van der Waals surface area contributed by atoms with Crippen LogP contribution in [-0.2, 0) is 18.3 Å². The van der Waals surface area contributed by atoms with Crippen molar-refractivity contribution in [3.63, 3.8) is 0 Å². The number of phenols is 1. The third-order valence-electron chi connectivity index (χ3n) is 5.14. The van der Waals surface area contributed by atoms with Gasteiger partial charge in [0.1, 0.15) is 5.75 Å². The minimum Gasteiger partial charge on any atom is -0.508 e. The van der Waals surface area contributed by atoms with Gasteiger partial charge in [0.2, 0.25) is 0 Å². The number of hydrogen-bond donors (Lipinski definition) is 1. The van der Waals surface area contributed by atoms with Crippen LogP contribution in [0.15, 0.2) is 48.5 Å². The average Bonchev–Trinajstić information content (AvgIpc) is 2.60. The molecule has 0 aliphatic carbocycles. The Hall–Kier alpha value is -1.76. The zero-order valence-corrected chi connectivity index (χ0v) is 16.2. The van der Waals surface area contributed by atoms with Crippen LogP contribution in [0.4, 0.5) is 0 Å². The Morgan fingerprint density at radius 2 is 1.28 bits per heavy atom. The lowest BCUT2D eigenvalue weighted by Gasteiger charge is -2.26. The molecule has 1 N–H and O–H groups in total.